The van der Waals surface area contributed by atoms with Crippen molar-refractivity contribution in [1.29, 1.82) is 0 Å². The normalized spacial score (nSPS) is 24.8. The van der Waals surface area contributed by atoms with Gasteiger partial charge in [-0.25, -0.2) is 14.4 Å². The van der Waals surface area contributed by atoms with Crippen LogP contribution in [0.15, 0.2) is 30.4 Å². The number of carboxylic acids is 2. The molecular weight excluding hydrogens is 442 g/mol. The maximum Gasteiger partial charge on any atom is 0.511 e. The lowest BCUT2D eigenvalue weighted by atomic mass is 9.53. The molecule has 0 amide bonds. The summed E-state index contributed by atoms with van der Waals surface area (Å²) < 4.78 is 15.6. The summed E-state index contributed by atoms with van der Waals surface area (Å²) in [5.74, 6) is -0.999. The number of carboxylic acid groups (broad SMARTS) is 2. The van der Waals surface area contributed by atoms with Crippen molar-refractivity contribution in [3.8, 4) is 5.75 Å². The minimum Gasteiger partial charge on any atom is -0.478 e. The van der Waals surface area contributed by atoms with E-state index in [4.69, 9.17) is 24.4 Å². The van der Waals surface area contributed by atoms with Crippen LogP contribution in [0.2, 0.25) is 0 Å². The van der Waals surface area contributed by atoms with Crippen LogP contribution in [0.5, 0.6) is 5.75 Å². The molecule has 9 nitrogen and oxygen atoms in total. The molecule has 186 valence electrons. The SMILES string of the molecule is CC(C)OC(=O)OCOc1ccc2c(c1)[C@@]13CCCC[C@H]1[C@@H](C2)NCC3.O=C(O)/C=C/C(=O)O. The Balaban J connectivity index is 0.000000350. The second-order valence-electron chi connectivity index (χ2n) is 9.18. The average molecular weight is 476 g/mol. The lowest BCUT2D eigenvalue weighted by Crippen LogP contribution is -2.59. The fourth-order valence-electron chi connectivity index (χ4n) is 5.51. The number of hydrogen-bond acceptors (Lipinski definition) is 7. The van der Waals surface area contributed by atoms with Gasteiger partial charge in [0.1, 0.15) is 5.75 Å². The first-order valence-corrected chi connectivity index (χ1v) is 11.7. The van der Waals surface area contributed by atoms with Crippen LogP contribution in [0.1, 0.15) is 57.1 Å². The average Bonchev–Trinajstić information content (AvgIpc) is 2.78. The van der Waals surface area contributed by atoms with Gasteiger partial charge in [0, 0.05) is 23.6 Å². The highest BCUT2D eigenvalue weighted by Gasteiger charge is 2.51. The first kappa shape index (κ1) is 25.6. The first-order chi connectivity index (χ1) is 16.2. The third-order valence-corrected chi connectivity index (χ3v) is 6.72. The fourth-order valence-corrected chi connectivity index (χ4v) is 5.51. The van der Waals surface area contributed by atoms with Gasteiger partial charge in [-0.1, -0.05) is 18.9 Å². The molecule has 0 spiro atoms. The van der Waals surface area contributed by atoms with E-state index in [1.807, 2.05) is 6.07 Å². The zero-order valence-corrected chi connectivity index (χ0v) is 19.6. The Morgan fingerprint density at radius 2 is 1.88 bits per heavy atom. The predicted molar refractivity (Wildman–Crippen MR) is 123 cm³/mol. The highest BCUT2D eigenvalue weighted by Crippen LogP contribution is 2.54. The number of rotatable bonds is 6. The number of hydrogen-bond donors (Lipinski definition) is 3. The standard InChI is InChI=1S/C21H29NO4.C4H4O4/c1-14(2)26-20(23)25-13-24-16-7-6-15-11-19-17-5-3-4-8-21(17,9-10-22-19)18(15)12-16;5-3(6)1-2-4(7)8/h6-7,12,14,17,19,22H,3-5,8-11,13H2,1-2H3;1-2H,(H,5,6)(H,7,8)/b;2-1+/t17-,19+,21+;/m0./s1. The van der Waals surface area contributed by atoms with Crippen molar-refractivity contribution >= 4 is 18.1 Å². The zero-order valence-electron chi connectivity index (χ0n) is 19.6. The molecule has 1 aromatic carbocycles. The van der Waals surface area contributed by atoms with Gasteiger partial charge < -0.3 is 29.7 Å². The third-order valence-electron chi connectivity index (χ3n) is 6.72. The summed E-state index contributed by atoms with van der Waals surface area (Å²) in [6.45, 7) is 4.57. The van der Waals surface area contributed by atoms with Gasteiger partial charge in [0.15, 0.2) is 0 Å². The summed E-state index contributed by atoms with van der Waals surface area (Å²) in [7, 11) is 0. The molecule has 0 unspecified atom stereocenters. The summed E-state index contributed by atoms with van der Waals surface area (Å²) in [6, 6.07) is 7.01. The zero-order chi connectivity index (χ0) is 24.7. The number of ether oxygens (including phenoxy) is 3. The Morgan fingerprint density at radius 3 is 2.56 bits per heavy atom. The molecule has 3 atom stereocenters. The number of carbonyl (C=O) groups is 3. The molecule has 1 saturated heterocycles. The van der Waals surface area contributed by atoms with Crippen LogP contribution in [0.4, 0.5) is 4.79 Å². The van der Waals surface area contributed by atoms with Crippen molar-refractivity contribution in [3.05, 3.63) is 41.5 Å². The molecule has 1 aromatic rings. The molecule has 2 bridgehead atoms. The molecule has 4 rings (SSSR count). The summed E-state index contributed by atoms with van der Waals surface area (Å²) in [4.78, 5) is 30.6. The lowest BCUT2D eigenvalue weighted by Gasteiger charge is -2.56. The number of carbonyl (C=O) groups excluding carboxylic acids is 1. The van der Waals surface area contributed by atoms with Gasteiger partial charge in [-0.05, 0) is 75.3 Å². The van der Waals surface area contributed by atoms with Crippen LogP contribution in [0.25, 0.3) is 0 Å². The second kappa shape index (κ2) is 11.4. The Morgan fingerprint density at radius 1 is 1.15 bits per heavy atom. The van der Waals surface area contributed by atoms with E-state index in [9.17, 15) is 14.4 Å². The van der Waals surface area contributed by atoms with E-state index < -0.39 is 18.1 Å². The van der Waals surface area contributed by atoms with E-state index >= 15 is 0 Å². The van der Waals surface area contributed by atoms with Gasteiger partial charge in [-0.3, -0.25) is 0 Å². The maximum absolute atomic E-state index is 11.5. The van der Waals surface area contributed by atoms with Crippen LogP contribution in [0, 0.1) is 5.92 Å². The lowest BCUT2D eigenvalue weighted by molar-refractivity contribution is -0.134. The van der Waals surface area contributed by atoms with Crippen LogP contribution >= 0.6 is 0 Å². The minimum absolute atomic E-state index is 0.120. The number of nitrogens with one attached hydrogen (secondary N) is 1. The van der Waals surface area contributed by atoms with Crippen molar-refractivity contribution in [2.75, 3.05) is 13.3 Å². The van der Waals surface area contributed by atoms with Gasteiger partial charge in [0.25, 0.3) is 0 Å². The fraction of sp³-hybridized carbons (Fsp3) is 0.560. The quantitative estimate of drug-likeness (QED) is 0.320. The molecule has 0 aromatic heterocycles. The van der Waals surface area contributed by atoms with Crippen molar-refractivity contribution in [3.63, 3.8) is 0 Å². The molecule has 1 saturated carbocycles. The molecule has 3 N–H and O–H groups in total. The summed E-state index contributed by atoms with van der Waals surface area (Å²) in [6.07, 6.45) is 7.83. The van der Waals surface area contributed by atoms with Crippen LogP contribution in [0.3, 0.4) is 0 Å². The molecule has 2 aliphatic carbocycles. The van der Waals surface area contributed by atoms with Gasteiger partial charge in [-0.15, -0.1) is 0 Å². The third kappa shape index (κ3) is 6.28. The van der Waals surface area contributed by atoms with Crippen molar-refractivity contribution < 1.29 is 38.8 Å². The molecule has 2 fully saturated rings. The van der Waals surface area contributed by atoms with Gasteiger partial charge in [0.2, 0.25) is 6.79 Å². The van der Waals surface area contributed by atoms with E-state index in [0.29, 0.717) is 23.6 Å². The number of fused-ring (bicyclic) bond motifs is 1. The van der Waals surface area contributed by atoms with Crippen molar-refractivity contribution in [2.24, 2.45) is 5.92 Å². The van der Waals surface area contributed by atoms with Crippen molar-refractivity contribution in [2.45, 2.75) is 69.9 Å². The monoisotopic (exact) mass is 475 g/mol. The molecule has 3 aliphatic rings. The largest absolute Gasteiger partial charge is 0.511 e. The van der Waals surface area contributed by atoms with E-state index in [0.717, 1.165) is 24.6 Å². The Hall–Kier alpha value is -3.07. The summed E-state index contributed by atoms with van der Waals surface area (Å²) in [5.41, 5.74) is 3.23. The maximum atomic E-state index is 11.5. The van der Waals surface area contributed by atoms with Gasteiger partial charge >= 0.3 is 18.1 Å². The van der Waals surface area contributed by atoms with E-state index in [1.54, 1.807) is 13.8 Å². The summed E-state index contributed by atoms with van der Waals surface area (Å²) in [5, 5.41) is 19.4. The second-order valence-corrected chi connectivity index (χ2v) is 9.18. The number of piperidine rings is 1. The summed E-state index contributed by atoms with van der Waals surface area (Å²) >= 11 is 0. The Bertz CT molecular complexity index is 907. The van der Waals surface area contributed by atoms with E-state index in [1.165, 1.54) is 43.2 Å². The number of benzene rings is 1. The highest BCUT2D eigenvalue weighted by molar-refractivity contribution is 5.89. The minimum atomic E-state index is -1.26. The van der Waals surface area contributed by atoms with Crippen molar-refractivity contribution in [1.82, 2.24) is 5.32 Å². The molecule has 9 heteroatoms. The van der Waals surface area contributed by atoms with E-state index in [2.05, 4.69) is 17.4 Å². The topological polar surface area (TPSA) is 131 Å². The number of aliphatic carboxylic acids is 2. The van der Waals surface area contributed by atoms with Crippen LogP contribution in [-0.2, 0) is 30.9 Å². The van der Waals surface area contributed by atoms with Gasteiger partial charge in [-0.2, -0.15) is 0 Å². The van der Waals surface area contributed by atoms with Gasteiger partial charge in [0.05, 0.1) is 6.10 Å². The van der Waals surface area contributed by atoms with Crippen LogP contribution in [-0.4, -0.2) is 53.8 Å². The predicted octanol–water partition coefficient (Wildman–Crippen LogP) is 3.64. The first-order valence-electron chi connectivity index (χ1n) is 11.7. The smallest absolute Gasteiger partial charge is 0.478 e. The molecule has 1 heterocycles. The molecular formula is C25H33NO8. The van der Waals surface area contributed by atoms with Crippen LogP contribution < -0.4 is 10.1 Å². The highest BCUT2D eigenvalue weighted by atomic mass is 16.8. The molecule has 0 radical (unpaired) electrons. The Kier molecular flexibility index (Phi) is 8.55. The van der Waals surface area contributed by atoms with E-state index in [-0.39, 0.29) is 12.9 Å². The molecule has 34 heavy (non-hydrogen) atoms. The Labute approximate surface area is 199 Å². The molecule has 1 aliphatic heterocycles.